The summed E-state index contributed by atoms with van der Waals surface area (Å²) in [4.78, 5) is 24.3. The number of aliphatic hydroxyl groups is 1. The molecule has 28 heavy (non-hydrogen) atoms. The minimum absolute atomic E-state index is 0.116. The second-order valence-electron chi connectivity index (χ2n) is 5.80. The maximum atomic E-state index is 12.7. The molecule has 3 aromatic rings. The molecule has 6 nitrogen and oxygen atoms in total. The molecule has 3 rings (SSSR count). The second-order valence-corrected chi connectivity index (χ2v) is 6.80. The number of nitrogens with zero attached hydrogens (tertiary/aromatic N) is 4. The van der Waals surface area contributed by atoms with E-state index in [-0.39, 0.29) is 12.2 Å². The lowest BCUT2D eigenvalue weighted by molar-refractivity contribution is 0.342. The summed E-state index contributed by atoms with van der Waals surface area (Å²) < 4.78 is 2.02. The molecular weight excluding hydrogens is 372 g/mol. The number of terminal acetylenes is 1. The fraction of sp³-hybridized carbons (Fsp3) is 0.286. The zero-order valence-corrected chi connectivity index (χ0v) is 17.7. The minimum atomic E-state index is -0.139. The molecule has 148 valence electrons. The van der Waals surface area contributed by atoms with Crippen LogP contribution in [-0.4, -0.2) is 40.3 Å². The highest BCUT2D eigenvalue weighted by molar-refractivity contribution is 7.25. The molecule has 1 N–H and O–H groups in total. The lowest BCUT2D eigenvalue weighted by Gasteiger charge is -2.13. The van der Waals surface area contributed by atoms with Gasteiger partial charge in [0.1, 0.15) is 15.9 Å². The Labute approximate surface area is 169 Å². The number of thiophene rings is 1. The number of rotatable bonds is 3. The third kappa shape index (κ3) is 4.85. The van der Waals surface area contributed by atoms with Crippen molar-refractivity contribution >= 4 is 43.2 Å². The summed E-state index contributed by atoms with van der Waals surface area (Å²) in [5.74, 6) is 0. The summed E-state index contributed by atoms with van der Waals surface area (Å²) in [5, 5.41) is 9.89. The topological polar surface area (TPSA) is 71.2 Å². The van der Waals surface area contributed by atoms with Gasteiger partial charge < -0.3 is 10.0 Å². The number of pyridine rings is 1. The third-order valence-electron chi connectivity index (χ3n) is 3.84. The number of allylic oxidation sites excluding steroid dienone is 3. The van der Waals surface area contributed by atoms with Crippen LogP contribution in [0, 0.1) is 12.8 Å². The average molecular weight is 399 g/mol. The summed E-state index contributed by atoms with van der Waals surface area (Å²) >= 11 is 1.35. The van der Waals surface area contributed by atoms with Crippen molar-refractivity contribution < 1.29 is 5.11 Å². The van der Waals surface area contributed by atoms with E-state index in [0.717, 1.165) is 15.9 Å². The maximum Gasteiger partial charge on any atom is 0.275 e. The Hall–Kier alpha value is -2.95. The van der Waals surface area contributed by atoms with Crippen molar-refractivity contribution in [1.82, 2.24) is 14.5 Å². The molecule has 3 heterocycles. The van der Waals surface area contributed by atoms with Gasteiger partial charge in [-0.05, 0) is 32.9 Å². The molecule has 3 aromatic heterocycles. The van der Waals surface area contributed by atoms with Gasteiger partial charge in [-0.25, -0.2) is 9.97 Å². The van der Waals surface area contributed by atoms with Gasteiger partial charge in [0.25, 0.3) is 5.56 Å². The van der Waals surface area contributed by atoms with E-state index in [1.165, 1.54) is 22.2 Å². The molecule has 0 bridgehead atoms. The van der Waals surface area contributed by atoms with Crippen LogP contribution in [0.25, 0.3) is 26.1 Å². The van der Waals surface area contributed by atoms with E-state index < -0.39 is 0 Å². The molecule has 0 radical (unpaired) electrons. The molecule has 0 aliphatic heterocycles. The van der Waals surface area contributed by atoms with E-state index in [0.29, 0.717) is 15.9 Å². The zero-order valence-electron chi connectivity index (χ0n) is 16.9. The van der Waals surface area contributed by atoms with Crippen LogP contribution in [0.15, 0.2) is 41.6 Å². The summed E-state index contributed by atoms with van der Waals surface area (Å²) in [7, 11) is 3.90. The van der Waals surface area contributed by atoms with Crippen LogP contribution in [0.3, 0.4) is 0 Å². The third-order valence-corrected chi connectivity index (χ3v) is 4.92. The number of aromatic nitrogens is 3. The Balaban J connectivity index is 0.000000583. The smallest absolute Gasteiger partial charge is 0.275 e. The van der Waals surface area contributed by atoms with Crippen LogP contribution in [0.1, 0.15) is 20.8 Å². The number of aliphatic hydroxyl groups excluding tert-OH is 1. The molecule has 0 aliphatic carbocycles. The van der Waals surface area contributed by atoms with Gasteiger partial charge in [-0.3, -0.25) is 9.36 Å². The highest BCUT2D eigenvalue weighted by atomic mass is 32.1. The normalized spacial score (nSPS) is 11.1. The minimum Gasteiger partial charge on any atom is -0.392 e. The number of hydrogen-bond acceptors (Lipinski definition) is 6. The maximum absolute atomic E-state index is 12.7. The monoisotopic (exact) mass is 398 g/mol. The van der Waals surface area contributed by atoms with Gasteiger partial charge in [-0.1, -0.05) is 12.2 Å². The summed E-state index contributed by atoms with van der Waals surface area (Å²) in [5.41, 5.74) is 2.18. The second kappa shape index (κ2) is 11.0. The first-order chi connectivity index (χ1) is 13.5. The SMILES string of the molecule is C#C.C/C(=C\CO)n1cnc2c(sc3nccc(N(C)C)c32)c1=O.C/C=C\C. The predicted molar refractivity (Wildman–Crippen MR) is 121 cm³/mol. The Morgan fingerprint density at radius 3 is 2.46 bits per heavy atom. The van der Waals surface area contributed by atoms with Crippen molar-refractivity contribution in [3.05, 3.63) is 47.2 Å². The highest BCUT2D eigenvalue weighted by Gasteiger charge is 2.16. The number of anilines is 1. The lowest BCUT2D eigenvalue weighted by Crippen LogP contribution is -2.18. The Morgan fingerprint density at radius 2 is 1.93 bits per heavy atom. The fourth-order valence-corrected chi connectivity index (χ4v) is 3.44. The first kappa shape index (κ1) is 23.1. The van der Waals surface area contributed by atoms with Crippen molar-refractivity contribution in [2.24, 2.45) is 0 Å². The van der Waals surface area contributed by atoms with E-state index in [1.807, 2.05) is 51.1 Å². The molecule has 0 saturated heterocycles. The van der Waals surface area contributed by atoms with Gasteiger partial charge >= 0.3 is 0 Å². The Bertz CT molecular complexity index is 1050. The van der Waals surface area contributed by atoms with Crippen molar-refractivity contribution in [2.45, 2.75) is 20.8 Å². The molecular formula is C21H26N4O2S. The van der Waals surface area contributed by atoms with Gasteiger partial charge in [-0.15, -0.1) is 24.2 Å². The fourth-order valence-electron chi connectivity index (χ4n) is 2.39. The van der Waals surface area contributed by atoms with E-state index in [2.05, 4.69) is 22.8 Å². The largest absolute Gasteiger partial charge is 0.392 e. The van der Waals surface area contributed by atoms with Crippen LogP contribution in [0.5, 0.6) is 0 Å². The number of hydrogen-bond donors (Lipinski definition) is 1. The number of fused-ring (bicyclic) bond motifs is 3. The first-order valence-electron chi connectivity index (χ1n) is 8.61. The quantitative estimate of drug-likeness (QED) is 0.537. The van der Waals surface area contributed by atoms with Gasteiger partial charge in [0, 0.05) is 26.0 Å². The van der Waals surface area contributed by atoms with E-state index in [1.54, 1.807) is 19.2 Å². The highest BCUT2D eigenvalue weighted by Crippen LogP contribution is 2.35. The van der Waals surface area contributed by atoms with Gasteiger partial charge in [0.15, 0.2) is 0 Å². The molecule has 0 amide bonds. The Kier molecular flexibility index (Phi) is 9.09. The summed E-state index contributed by atoms with van der Waals surface area (Å²) in [6.45, 7) is 5.65. The van der Waals surface area contributed by atoms with Gasteiger partial charge in [0.05, 0.1) is 23.2 Å². The van der Waals surface area contributed by atoms with Gasteiger partial charge in [-0.2, -0.15) is 0 Å². The molecule has 0 saturated carbocycles. The molecule has 7 heteroatoms. The lowest BCUT2D eigenvalue weighted by atomic mass is 10.2. The van der Waals surface area contributed by atoms with Crippen LogP contribution >= 0.6 is 11.3 Å². The van der Waals surface area contributed by atoms with Gasteiger partial charge in [0.2, 0.25) is 0 Å². The van der Waals surface area contributed by atoms with Crippen LogP contribution in [-0.2, 0) is 0 Å². The molecule has 0 spiro atoms. The molecule has 0 fully saturated rings. The van der Waals surface area contributed by atoms with E-state index in [4.69, 9.17) is 5.11 Å². The van der Waals surface area contributed by atoms with E-state index in [9.17, 15) is 4.79 Å². The summed E-state index contributed by atoms with van der Waals surface area (Å²) in [6, 6.07) is 1.92. The zero-order chi connectivity index (χ0) is 21.3. The predicted octanol–water partition coefficient (Wildman–Crippen LogP) is 3.76. The van der Waals surface area contributed by atoms with Crippen LogP contribution in [0.4, 0.5) is 5.69 Å². The van der Waals surface area contributed by atoms with Crippen molar-refractivity contribution in [2.75, 3.05) is 25.6 Å². The van der Waals surface area contributed by atoms with Crippen LogP contribution < -0.4 is 10.5 Å². The molecule has 0 aliphatic rings. The molecule has 0 atom stereocenters. The van der Waals surface area contributed by atoms with E-state index >= 15 is 0 Å². The standard InChI is InChI=1S/C15H16N4O2S.C4H8.C2H2/c1-9(5-7-20)19-8-17-12-11-10(18(2)3)4-6-16-14(11)22-13(12)15(19)21;1-3-4-2;1-2/h4-6,8,20H,7H2,1-3H3;3-4H,1-2H3;1-2H/b9-5+;4-3-;. The Morgan fingerprint density at radius 1 is 1.29 bits per heavy atom. The van der Waals surface area contributed by atoms with Crippen molar-refractivity contribution in [1.29, 1.82) is 0 Å². The van der Waals surface area contributed by atoms with Crippen molar-refractivity contribution in [3.8, 4) is 12.8 Å². The molecule has 0 aromatic carbocycles. The summed E-state index contributed by atoms with van der Waals surface area (Å²) in [6.07, 6.45) is 16.8. The van der Waals surface area contributed by atoms with Crippen LogP contribution in [0.2, 0.25) is 0 Å². The first-order valence-corrected chi connectivity index (χ1v) is 9.42. The average Bonchev–Trinajstić information content (AvgIpc) is 3.09. The molecule has 0 unspecified atom stereocenters. The van der Waals surface area contributed by atoms with Crippen molar-refractivity contribution in [3.63, 3.8) is 0 Å².